The van der Waals surface area contributed by atoms with Crippen molar-refractivity contribution in [3.63, 3.8) is 0 Å². The molecule has 2 heterocycles. The number of nitrogens with one attached hydrogen (secondary N) is 1. The van der Waals surface area contributed by atoms with Gasteiger partial charge in [0.15, 0.2) is 0 Å². The molecule has 0 bridgehead atoms. The molecule has 1 aromatic heterocycles. The maximum atomic E-state index is 13.2. The lowest BCUT2D eigenvalue weighted by Crippen LogP contribution is -2.30. The Balaban J connectivity index is 1.59. The second-order valence-electron chi connectivity index (χ2n) is 5.59. The van der Waals surface area contributed by atoms with Crippen LogP contribution in [0.3, 0.4) is 0 Å². The normalized spacial score (nSPS) is 15.3. The van der Waals surface area contributed by atoms with E-state index in [0.717, 1.165) is 42.7 Å². The van der Waals surface area contributed by atoms with E-state index in [-0.39, 0.29) is 5.82 Å². The minimum absolute atomic E-state index is 0.232. The first-order chi connectivity index (χ1) is 10.3. The smallest absolute Gasteiger partial charge is 0.125 e. The zero-order valence-corrected chi connectivity index (χ0v) is 11.6. The van der Waals surface area contributed by atoms with Gasteiger partial charge in [-0.15, -0.1) is 0 Å². The SMILES string of the molecule is Fc1ccc2c(CN3CCc4ccccc4C3)n[nH]c2c1. The molecule has 0 unspecified atom stereocenters. The third kappa shape index (κ3) is 2.32. The molecule has 106 valence electrons. The zero-order chi connectivity index (χ0) is 14.2. The molecule has 0 amide bonds. The van der Waals surface area contributed by atoms with E-state index in [2.05, 4.69) is 39.4 Å². The molecule has 3 nitrogen and oxygen atoms in total. The van der Waals surface area contributed by atoms with Crippen molar-refractivity contribution >= 4 is 10.9 Å². The van der Waals surface area contributed by atoms with E-state index in [1.54, 1.807) is 6.07 Å². The molecule has 0 saturated carbocycles. The summed E-state index contributed by atoms with van der Waals surface area (Å²) in [6.45, 7) is 2.78. The number of rotatable bonds is 2. The minimum Gasteiger partial charge on any atom is -0.293 e. The Morgan fingerprint density at radius 2 is 2.00 bits per heavy atom. The van der Waals surface area contributed by atoms with Gasteiger partial charge in [-0.3, -0.25) is 10.00 Å². The molecule has 3 aromatic rings. The molecule has 4 rings (SSSR count). The lowest BCUT2D eigenvalue weighted by Gasteiger charge is -2.28. The first kappa shape index (κ1) is 12.5. The van der Waals surface area contributed by atoms with Crippen molar-refractivity contribution in [2.24, 2.45) is 0 Å². The van der Waals surface area contributed by atoms with Crippen LogP contribution in [0.5, 0.6) is 0 Å². The highest BCUT2D eigenvalue weighted by molar-refractivity contribution is 5.81. The Kier molecular flexibility index (Phi) is 2.97. The molecule has 1 aliphatic rings. The van der Waals surface area contributed by atoms with Crippen molar-refractivity contribution in [2.45, 2.75) is 19.5 Å². The summed E-state index contributed by atoms with van der Waals surface area (Å²) in [5.74, 6) is -0.232. The third-order valence-corrected chi connectivity index (χ3v) is 4.19. The molecule has 0 fully saturated rings. The first-order valence-electron chi connectivity index (χ1n) is 7.21. The lowest BCUT2D eigenvalue weighted by atomic mass is 10.00. The van der Waals surface area contributed by atoms with Gasteiger partial charge >= 0.3 is 0 Å². The third-order valence-electron chi connectivity index (χ3n) is 4.19. The molecule has 1 aliphatic heterocycles. The average Bonchev–Trinajstić information content (AvgIpc) is 2.89. The second kappa shape index (κ2) is 4.97. The van der Waals surface area contributed by atoms with Gasteiger partial charge in [0.05, 0.1) is 11.2 Å². The molecule has 0 aliphatic carbocycles. The number of aromatic amines is 1. The number of benzene rings is 2. The lowest BCUT2D eigenvalue weighted by molar-refractivity contribution is 0.243. The van der Waals surface area contributed by atoms with Crippen LogP contribution in [0.4, 0.5) is 4.39 Å². The molecule has 0 spiro atoms. The van der Waals surface area contributed by atoms with Gasteiger partial charge in [0.25, 0.3) is 0 Å². The molecule has 1 N–H and O–H groups in total. The summed E-state index contributed by atoms with van der Waals surface area (Å²) in [7, 11) is 0. The molecule has 0 saturated heterocycles. The van der Waals surface area contributed by atoms with E-state index in [1.165, 1.54) is 23.3 Å². The summed E-state index contributed by atoms with van der Waals surface area (Å²) >= 11 is 0. The van der Waals surface area contributed by atoms with Crippen molar-refractivity contribution in [1.29, 1.82) is 0 Å². The fourth-order valence-corrected chi connectivity index (χ4v) is 3.07. The Morgan fingerprint density at radius 3 is 2.90 bits per heavy atom. The van der Waals surface area contributed by atoms with Crippen molar-refractivity contribution in [3.8, 4) is 0 Å². The summed E-state index contributed by atoms with van der Waals surface area (Å²) in [5, 5.41) is 8.28. The number of aromatic nitrogens is 2. The van der Waals surface area contributed by atoms with Crippen LogP contribution in [-0.4, -0.2) is 21.6 Å². The zero-order valence-electron chi connectivity index (χ0n) is 11.6. The van der Waals surface area contributed by atoms with Crippen molar-refractivity contribution < 1.29 is 4.39 Å². The van der Waals surface area contributed by atoms with E-state index in [1.807, 2.05) is 0 Å². The molecule has 4 heteroatoms. The number of H-pyrrole nitrogens is 1. The maximum absolute atomic E-state index is 13.2. The van der Waals surface area contributed by atoms with E-state index >= 15 is 0 Å². The summed E-state index contributed by atoms with van der Waals surface area (Å²) in [6.07, 6.45) is 1.08. The first-order valence-corrected chi connectivity index (χ1v) is 7.21. The van der Waals surface area contributed by atoms with Crippen molar-refractivity contribution in [2.75, 3.05) is 6.54 Å². The molecular weight excluding hydrogens is 265 g/mol. The summed E-state index contributed by atoms with van der Waals surface area (Å²) in [4.78, 5) is 2.39. The fourth-order valence-electron chi connectivity index (χ4n) is 3.07. The molecule has 0 radical (unpaired) electrons. The summed E-state index contributed by atoms with van der Waals surface area (Å²) in [5.41, 5.74) is 4.60. The summed E-state index contributed by atoms with van der Waals surface area (Å²) in [6, 6.07) is 13.4. The van der Waals surface area contributed by atoms with Gasteiger partial charge in [0.2, 0.25) is 0 Å². The van der Waals surface area contributed by atoms with Crippen LogP contribution in [0.25, 0.3) is 10.9 Å². The average molecular weight is 281 g/mol. The molecule has 0 atom stereocenters. The van der Waals surface area contributed by atoms with Gasteiger partial charge in [0.1, 0.15) is 5.82 Å². The van der Waals surface area contributed by atoms with Crippen LogP contribution in [-0.2, 0) is 19.5 Å². The van der Waals surface area contributed by atoms with Gasteiger partial charge < -0.3 is 0 Å². The maximum Gasteiger partial charge on any atom is 0.125 e. The predicted octanol–water partition coefficient (Wildman–Crippen LogP) is 3.26. The number of hydrogen-bond acceptors (Lipinski definition) is 2. The number of halogens is 1. The van der Waals surface area contributed by atoms with Gasteiger partial charge in [-0.05, 0) is 35.7 Å². The van der Waals surface area contributed by atoms with E-state index in [4.69, 9.17) is 0 Å². The highest BCUT2D eigenvalue weighted by Gasteiger charge is 2.17. The number of hydrogen-bond donors (Lipinski definition) is 1. The fraction of sp³-hybridized carbons (Fsp3) is 0.235. The van der Waals surface area contributed by atoms with Gasteiger partial charge in [-0.25, -0.2) is 4.39 Å². The van der Waals surface area contributed by atoms with Crippen molar-refractivity contribution in [1.82, 2.24) is 15.1 Å². The quantitative estimate of drug-likeness (QED) is 0.782. The van der Waals surface area contributed by atoms with Crippen LogP contribution in [0.15, 0.2) is 42.5 Å². The molecular formula is C17H16FN3. The molecule has 21 heavy (non-hydrogen) atoms. The van der Waals surface area contributed by atoms with Crippen LogP contribution < -0.4 is 0 Å². The Labute approximate surface area is 122 Å². The largest absolute Gasteiger partial charge is 0.293 e. The van der Waals surface area contributed by atoms with Gasteiger partial charge in [-0.1, -0.05) is 24.3 Å². The Bertz CT molecular complexity index is 794. The van der Waals surface area contributed by atoms with Crippen LogP contribution in [0.2, 0.25) is 0 Å². The van der Waals surface area contributed by atoms with Crippen molar-refractivity contribution in [3.05, 3.63) is 65.1 Å². The highest BCUT2D eigenvalue weighted by atomic mass is 19.1. The molecule has 2 aromatic carbocycles. The van der Waals surface area contributed by atoms with E-state index in [0.29, 0.717) is 0 Å². The summed E-state index contributed by atoms with van der Waals surface area (Å²) < 4.78 is 13.2. The Hall–Kier alpha value is -2.20. The topological polar surface area (TPSA) is 31.9 Å². The second-order valence-corrected chi connectivity index (χ2v) is 5.59. The van der Waals surface area contributed by atoms with Gasteiger partial charge in [0, 0.05) is 25.0 Å². The van der Waals surface area contributed by atoms with Crippen LogP contribution >= 0.6 is 0 Å². The van der Waals surface area contributed by atoms with E-state index < -0.39 is 0 Å². The minimum atomic E-state index is -0.232. The number of fused-ring (bicyclic) bond motifs is 2. The highest BCUT2D eigenvalue weighted by Crippen LogP contribution is 2.23. The van der Waals surface area contributed by atoms with E-state index in [9.17, 15) is 4.39 Å². The van der Waals surface area contributed by atoms with Crippen LogP contribution in [0, 0.1) is 5.82 Å². The van der Waals surface area contributed by atoms with Gasteiger partial charge in [-0.2, -0.15) is 5.10 Å². The standard InChI is InChI=1S/C17H16FN3/c18-14-5-6-15-16(9-14)19-20-17(15)11-21-8-7-12-3-1-2-4-13(12)10-21/h1-6,9H,7-8,10-11H2,(H,19,20). The predicted molar refractivity (Wildman–Crippen MR) is 80.3 cm³/mol. The number of nitrogens with zero attached hydrogens (tertiary/aromatic N) is 2. The monoisotopic (exact) mass is 281 g/mol. The Morgan fingerprint density at radius 1 is 1.14 bits per heavy atom. The van der Waals surface area contributed by atoms with Crippen LogP contribution in [0.1, 0.15) is 16.8 Å².